The zero-order valence-electron chi connectivity index (χ0n) is 13.1. The fourth-order valence-electron chi connectivity index (χ4n) is 2.73. The molecule has 0 radical (unpaired) electrons. The van der Waals surface area contributed by atoms with Crippen molar-refractivity contribution in [2.75, 3.05) is 5.43 Å². The number of fused-ring (bicyclic) bond motifs is 2. The summed E-state index contributed by atoms with van der Waals surface area (Å²) in [4.78, 5) is 4.70. The van der Waals surface area contributed by atoms with Gasteiger partial charge >= 0.3 is 0 Å². The fraction of sp³-hybridized carbons (Fsp3) is 0. The number of halogens is 2. The van der Waals surface area contributed by atoms with Crippen molar-refractivity contribution in [2.24, 2.45) is 5.10 Å². The van der Waals surface area contributed by atoms with Gasteiger partial charge in [0.15, 0.2) is 0 Å². The minimum Gasteiger partial charge on any atom is -0.277 e. The third-order valence-electron chi connectivity index (χ3n) is 3.93. The van der Waals surface area contributed by atoms with Gasteiger partial charge in [0.05, 0.1) is 28.0 Å². The fourth-order valence-corrected chi connectivity index (χ4v) is 3.19. The van der Waals surface area contributed by atoms with Crippen LogP contribution in [0.15, 0.2) is 71.8 Å². The van der Waals surface area contributed by atoms with Gasteiger partial charge in [-0.3, -0.25) is 5.43 Å². The van der Waals surface area contributed by atoms with Crippen LogP contribution < -0.4 is 5.43 Å². The Hall–Kier alpha value is -2.62. The van der Waals surface area contributed by atoms with E-state index >= 15 is 0 Å². The minimum atomic E-state index is 0.558. The standard InChI is InChI=1S/C20H13Cl2N3/c21-14-10-9-13(17(22)11-14)12-23-25-20-15-5-1-3-7-18(15)24-19-8-4-2-6-16(19)20/h1-12H,(H,24,25). The summed E-state index contributed by atoms with van der Waals surface area (Å²) >= 11 is 12.1. The van der Waals surface area contributed by atoms with Crippen LogP contribution in [0.4, 0.5) is 5.69 Å². The molecule has 0 aliphatic rings. The molecular formula is C20H13Cl2N3. The van der Waals surface area contributed by atoms with Gasteiger partial charge in [-0.1, -0.05) is 65.7 Å². The van der Waals surface area contributed by atoms with E-state index in [-0.39, 0.29) is 0 Å². The molecule has 0 aliphatic carbocycles. The van der Waals surface area contributed by atoms with E-state index in [1.165, 1.54) is 0 Å². The first-order valence-electron chi connectivity index (χ1n) is 7.74. The van der Waals surface area contributed by atoms with E-state index in [0.29, 0.717) is 10.0 Å². The van der Waals surface area contributed by atoms with Crippen LogP contribution in [-0.4, -0.2) is 11.2 Å². The molecule has 0 amide bonds. The number of hydrazone groups is 1. The lowest BCUT2D eigenvalue weighted by molar-refractivity contribution is 1.36. The molecule has 3 nitrogen and oxygen atoms in total. The van der Waals surface area contributed by atoms with Crippen LogP contribution in [-0.2, 0) is 0 Å². The van der Waals surface area contributed by atoms with Gasteiger partial charge in [0.25, 0.3) is 0 Å². The van der Waals surface area contributed by atoms with Gasteiger partial charge in [-0.25, -0.2) is 4.98 Å². The molecule has 1 aromatic heterocycles. The lowest BCUT2D eigenvalue weighted by Gasteiger charge is -2.10. The maximum absolute atomic E-state index is 6.19. The molecule has 0 saturated carbocycles. The molecule has 25 heavy (non-hydrogen) atoms. The Morgan fingerprint density at radius 1 is 0.840 bits per heavy atom. The molecule has 0 fully saturated rings. The molecule has 0 aliphatic heterocycles. The quantitative estimate of drug-likeness (QED) is 0.269. The monoisotopic (exact) mass is 365 g/mol. The predicted molar refractivity (Wildman–Crippen MR) is 107 cm³/mol. The average Bonchev–Trinajstić information content (AvgIpc) is 2.63. The summed E-state index contributed by atoms with van der Waals surface area (Å²) in [7, 11) is 0. The predicted octanol–water partition coefficient (Wildman–Crippen LogP) is 6.14. The highest BCUT2D eigenvalue weighted by Gasteiger charge is 2.07. The summed E-state index contributed by atoms with van der Waals surface area (Å²) in [5.74, 6) is 0. The Labute approximate surface area is 154 Å². The zero-order chi connectivity index (χ0) is 17.2. The lowest BCUT2D eigenvalue weighted by atomic mass is 10.1. The number of anilines is 1. The minimum absolute atomic E-state index is 0.558. The molecule has 1 N–H and O–H groups in total. The summed E-state index contributed by atoms with van der Waals surface area (Å²) in [6.07, 6.45) is 1.68. The Morgan fingerprint density at radius 2 is 1.48 bits per heavy atom. The second-order valence-electron chi connectivity index (χ2n) is 5.56. The Morgan fingerprint density at radius 3 is 2.12 bits per heavy atom. The Balaban J connectivity index is 1.78. The number of hydrogen-bond acceptors (Lipinski definition) is 3. The number of benzene rings is 3. The van der Waals surface area contributed by atoms with E-state index in [1.807, 2.05) is 54.6 Å². The molecular weight excluding hydrogens is 353 g/mol. The lowest BCUT2D eigenvalue weighted by Crippen LogP contribution is -1.95. The Kier molecular flexibility index (Phi) is 4.26. The van der Waals surface area contributed by atoms with Crippen molar-refractivity contribution in [2.45, 2.75) is 0 Å². The van der Waals surface area contributed by atoms with Gasteiger partial charge in [0, 0.05) is 21.4 Å². The highest BCUT2D eigenvalue weighted by molar-refractivity contribution is 6.36. The van der Waals surface area contributed by atoms with E-state index < -0.39 is 0 Å². The molecule has 0 spiro atoms. The van der Waals surface area contributed by atoms with Gasteiger partial charge in [-0.2, -0.15) is 5.10 Å². The van der Waals surface area contributed by atoms with E-state index in [0.717, 1.165) is 33.1 Å². The van der Waals surface area contributed by atoms with Crippen molar-refractivity contribution in [3.05, 3.63) is 82.3 Å². The van der Waals surface area contributed by atoms with Crippen LogP contribution in [0.2, 0.25) is 10.0 Å². The third kappa shape index (κ3) is 3.16. The topological polar surface area (TPSA) is 37.3 Å². The maximum atomic E-state index is 6.19. The highest BCUT2D eigenvalue weighted by Crippen LogP contribution is 2.30. The van der Waals surface area contributed by atoms with Gasteiger partial charge in [0.2, 0.25) is 0 Å². The highest BCUT2D eigenvalue weighted by atomic mass is 35.5. The van der Waals surface area contributed by atoms with Crippen molar-refractivity contribution < 1.29 is 0 Å². The van der Waals surface area contributed by atoms with Crippen LogP contribution in [0.3, 0.4) is 0 Å². The summed E-state index contributed by atoms with van der Waals surface area (Å²) in [5.41, 5.74) is 6.71. The van der Waals surface area contributed by atoms with Crippen LogP contribution >= 0.6 is 23.2 Å². The average molecular weight is 366 g/mol. The van der Waals surface area contributed by atoms with Crippen molar-refractivity contribution in [1.82, 2.24) is 4.98 Å². The number of aromatic nitrogens is 1. The van der Waals surface area contributed by atoms with Crippen molar-refractivity contribution >= 4 is 56.9 Å². The van der Waals surface area contributed by atoms with E-state index in [1.54, 1.807) is 18.3 Å². The van der Waals surface area contributed by atoms with E-state index in [4.69, 9.17) is 28.2 Å². The number of nitrogens with zero attached hydrogens (tertiary/aromatic N) is 2. The molecule has 3 aromatic carbocycles. The smallest absolute Gasteiger partial charge is 0.0749 e. The number of nitrogens with one attached hydrogen (secondary N) is 1. The van der Waals surface area contributed by atoms with Gasteiger partial charge in [-0.15, -0.1) is 0 Å². The molecule has 4 aromatic rings. The first-order valence-corrected chi connectivity index (χ1v) is 8.49. The molecule has 0 bridgehead atoms. The summed E-state index contributed by atoms with van der Waals surface area (Å²) in [5, 5.41) is 7.56. The number of pyridine rings is 1. The molecule has 0 saturated heterocycles. The Bertz CT molecular complexity index is 1050. The largest absolute Gasteiger partial charge is 0.277 e. The van der Waals surface area contributed by atoms with Gasteiger partial charge in [-0.05, 0) is 24.3 Å². The molecule has 122 valence electrons. The third-order valence-corrected chi connectivity index (χ3v) is 4.49. The van der Waals surface area contributed by atoms with Crippen LogP contribution in [0.5, 0.6) is 0 Å². The van der Waals surface area contributed by atoms with Crippen molar-refractivity contribution in [3.8, 4) is 0 Å². The number of para-hydroxylation sites is 2. The number of hydrogen-bond donors (Lipinski definition) is 1. The van der Waals surface area contributed by atoms with Crippen LogP contribution in [0, 0.1) is 0 Å². The van der Waals surface area contributed by atoms with Crippen molar-refractivity contribution in [1.29, 1.82) is 0 Å². The second-order valence-corrected chi connectivity index (χ2v) is 6.40. The summed E-state index contributed by atoms with van der Waals surface area (Å²) in [6, 6.07) is 21.3. The summed E-state index contributed by atoms with van der Waals surface area (Å²) < 4.78 is 0. The number of rotatable bonds is 3. The molecule has 1 heterocycles. The van der Waals surface area contributed by atoms with Gasteiger partial charge in [0.1, 0.15) is 0 Å². The normalized spacial score (nSPS) is 11.4. The van der Waals surface area contributed by atoms with Gasteiger partial charge < -0.3 is 0 Å². The summed E-state index contributed by atoms with van der Waals surface area (Å²) in [6.45, 7) is 0. The molecule has 0 unspecified atom stereocenters. The zero-order valence-corrected chi connectivity index (χ0v) is 14.6. The first-order chi connectivity index (χ1) is 12.2. The molecule has 5 heteroatoms. The maximum Gasteiger partial charge on any atom is 0.0749 e. The molecule has 0 atom stereocenters. The van der Waals surface area contributed by atoms with Crippen LogP contribution in [0.25, 0.3) is 21.8 Å². The van der Waals surface area contributed by atoms with Crippen molar-refractivity contribution in [3.63, 3.8) is 0 Å². The molecule has 4 rings (SSSR count). The SMILES string of the molecule is Clc1ccc(C=NNc2c3ccccc3nc3ccccc23)c(Cl)c1. The first kappa shape index (κ1) is 15.9. The van der Waals surface area contributed by atoms with E-state index in [2.05, 4.69) is 10.5 Å². The van der Waals surface area contributed by atoms with Crippen LogP contribution in [0.1, 0.15) is 5.56 Å². The van der Waals surface area contributed by atoms with E-state index in [9.17, 15) is 0 Å². The second kappa shape index (κ2) is 6.71.